The number of thiophene rings is 1. The Bertz CT molecular complexity index is 4130. The van der Waals surface area contributed by atoms with Gasteiger partial charge in [0.2, 0.25) is 0 Å². The summed E-state index contributed by atoms with van der Waals surface area (Å²) in [7, 11) is 0. The zero-order valence-corrected chi connectivity index (χ0v) is 37.7. The smallest absolute Gasteiger partial charge is 0.144 e. The van der Waals surface area contributed by atoms with Crippen molar-refractivity contribution in [2.45, 2.75) is 19.3 Å². The first-order valence-corrected chi connectivity index (χ1v) is 23.8. The molecule has 0 fully saturated rings. The summed E-state index contributed by atoms with van der Waals surface area (Å²) in [5, 5.41) is 6.77. The quantitative estimate of drug-likeness (QED) is 0.167. The molecular formula is C63H41NO2S. The highest BCUT2D eigenvalue weighted by Crippen LogP contribution is 2.52. The van der Waals surface area contributed by atoms with Gasteiger partial charge >= 0.3 is 0 Å². The van der Waals surface area contributed by atoms with E-state index in [2.05, 4.69) is 225 Å². The maximum atomic E-state index is 7.35. The maximum absolute atomic E-state index is 7.35. The summed E-state index contributed by atoms with van der Waals surface area (Å²) >= 11 is 1.84. The number of para-hydroxylation sites is 2. The highest BCUT2D eigenvalue weighted by molar-refractivity contribution is 7.26. The molecule has 14 rings (SSSR count). The fourth-order valence-electron chi connectivity index (χ4n) is 11.1. The summed E-state index contributed by atoms with van der Waals surface area (Å²) in [6.45, 7) is 4.70. The lowest BCUT2D eigenvalue weighted by molar-refractivity contribution is 0.660. The van der Waals surface area contributed by atoms with E-state index in [1.165, 1.54) is 53.6 Å². The molecule has 0 spiro atoms. The molecule has 1 aliphatic carbocycles. The van der Waals surface area contributed by atoms with Crippen molar-refractivity contribution in [3.63, 3.8) is 0 Å². The number of hydrogen-bond donors (Lipinski definition) is 0. The maximum Gasteiger partial charge on any atom is 0.144 e. The molecule has 0 radical (unpaired) electrons. The molecule has 0 bridgehead atoms. The Morgan fingerprint density at radius 3 is 1.91 bits per heavy atom. The molecule has 0 unspecified atom stereocenters. The second-order valence-corrected chi connectivity index (χ2v) is 19.4. The second kappa shape index (κ2) is 14.4. The predicted octanol–water partition coefficient (Wildman–Crippen LogP) is 18.6. The average Bonchev–Trinajstić information content (AvgIpc) is 4.12. The van der Waals surface area contributed by atoms with Gasteiger partial charge < -0.3 is 13.7 Å². The summed E-state index contributed by atoms with van der Waals surface area (Å²) in [5.41, 5.74) is 18.6. The molecular weight excluding hydrogens is 835 g/mol. The van der Waals surface area contributed by atoms with E-state index in [0.29, 0.717) is 0 Å². The van der Waals surface area contributed by atoms with Crippen LogP contribution in [-0.4, -0.2) is 0 Å². The molecule has 13 aromatic rings. The number of hydrogen-bond acceptors (Lipinski definition) is 4. The van der Waals surface area contributed by atoms with Crippen LogP contribution in [0, 0.1) is 0 Å². The highest BCUT2D eigenvalue weighted by atomic mass is 32.1. The molecule has 67 heavy (non-hydrogen) atoms. The summed E-state index contributed by atoms with van der Waals surface area (Å²) in [5.74, 6) is 0. The van der Waals surface area contributed by atoms with Gasteiger partial charge in [-0.1, -0.05) is 172 Å². The van der Waals surface area contributed by atoms with Crippen molar-refractivity contribution in [1.29, 1.82) is 0 Å². The monoisotopic (exact) mass is 875 g/mol. The van der Waals surface area contributed by atoms with Crippen LogP contribution in [0.1, 0.15) is 25.0 Å². The Balaban J connectivity index is 0.971. The molecule has 10 aromatic carbocycles. The normalized spacial score (nSPS) is 13.0. The Morgan fingerprint density at radius 2 is 1.03 bits per heavy atom. The number of rotatable bonds is 6. The molecule has 0 N–H and O–H groups in total. The van der Waals surface area contributed by atoms with Gasteiger partial charge in [-0.05, 0) is 93.5 Å². The summed E-state index contributed by atoms with van der Waals surface area (Å²) in [4.78, 5) is 2.40. The Hall–Kier alpha value is -8.18. The van der Waals surface area contributed by atoms with Gasteiger partial charge in [0, 0.05) is 80.9 Å². The van der Waals surface area contributed by atoms with Crippen molar-refractivity contribution >= 4 is 92.4 Å². The molecule has 0 saturated heterocycles. The number of nitrogens with zero attached hydrogens (tertiary/aromatic N) is 1. The highest BCUT2D eigenvalue weighted by Gasteiger charge is 2.36. The van der Waals surface area contributed by atoms with Crippen LogP contribution < -0.4 is 4.90 Å². The summed E-state index contributed by atoms with van der Waals surface area (Å²) in [6, 6.07) is 76.9. The molecule has 3 heterocycles. The largest absolute Gasteiger partial charge is 0.456 e. The molecule has 1 aliphatic rings. The van der Waals surface area contributed by atoms with E-state index in [1.54, 1.807) is 0 Å². The van der Waals surface area contributed by atoms with Crippen LogP contribution in [0.5, 0.6) is 0 Å². The first-order chi connectivity index (χ1) is 33.0. The van der Waals surface area contributed by atoms with E-state index in [-0.39, 0.29) is 5.41 Å². The fraction of sp³-hybridized carbons (Fsp3) is 0.0476. The zero-order valence-electron chi connectivity index (χ0n) is 36.9. The Labute approximate surface area is 391 Å². The third kappa shape index (κ3) is 5.70. The van der Waals surface area contributed by atoms with Crippen molar-refractivity contribution in [3.8, 4) is 44.5 Å². The van der Waals surface area contributed by atoms with Crippen molar-refractivity contribution in [3.05, 3.63) is 223 Å². The van der Waals surface area contributed by atoms with E-state index in [9.17, 15) is 0 Å². The molecule has 0 saturated carbocycles. The van der Waals surface area contributed by atoms with Crippen LogP contribution in [0.3, 0.4) is 0 Å². The minimum atomic E-state index is -0.141. The number of benzene rings is 10. The van der Waals surface area contributed by atoms with E-state index in [4.69, 9.17) is 8.83 Å². The van der Waals surface area contributed by atoms with E-state index >= 15 is 0 Å². The third-order valence-corrected chi connectivity index (χ3v) is 15.5. The van der Waals surface area contributed by atoms with Gasteiger partial charge in [0.1, 0.15) is 22.3 Å². The van der Waals surface area contributed by atoms with Crippen LogP contribution in [0.2, 0.25) is 0 Å². The number of furan rings is 2. The van der Waals surface area contributed by atoms with Crippen LogP contribution in [-0.2, 0) is 5.41 Å². The molecule has 4 heteroatoms. The first kappa shape index (κ1) is 38.1. The van der Waals surface area contributed by atoms with Gasteiger partial charge in [0.15, 0.2) is 0 Å². The second-order valence-electron chi connectivity index (χ2n) is 18.4. The van der Waals surface area contributed by atoms with Gasteiger partial charge in [0.25, 0.3) is 0 Å². The van der Waals surface area contributed by atoms with Crippen molar-refractivity contribution in [2.24, 2.45) is 0 Å². The van der Waals surface area contributed by atoms with Crippen LogP contribution in [0.25, 0.3) is 109 Å². The molecule has 3 nitrogen and oxygen atoms in total. The van der Waals surface area contributed by atoms with E-state index in [1.807, 2.05) is 17.4 Å². The predicted molar refractivity (Wildman–Crippen MR) is 282 cm³/mol. The Morgan fingerprint density at radius 1 is 0.388 bits per heavy atom. The zero-order chi connectivity index (χ0) is 44.4. The number of fused-ring (bicyclic) bond motifs is 12. The topological polar surface area (TPSA) is 29.5 Å². The van der Waals surface area contributed by atoms with E-state index in [0.717, 1.165) is 83.2 Å². The van der Waals surface area contributed by atoms with Crippen molar-refractivity contribution in [2.75, 3.05) is 4.90 Å². The summed E-state index contributed by atoms with van der Waals surface area (Å²) in [6.07, 6.45) is 0. The molecule has 3 aromatic heterocycles. The van der Waals surface area contributed by atoms with Gasteiger partial charge in [-0.25, -0.2) is 0 Å². The van der Waals surface area contributed by atoms with E-state index < -0.39 is 0 Å². The third-order valence-electron chi connectivity index (χ3n) is 14.3. The fourth-order valence-corrected chi connectivity index (χ4v) is 12.3. The van der Waals surface area contributed by atoms with Gasteiger partial charge in [0.05, 0.1) is 0 Å². The van der Waals surface area contributed by atoms with Crippen molar-refractivity contribution in [1.82, 2.24) is 0 Å². The van der Waals surface area contributed by atoms with Crippen molar-refractivity contribution < 1.29 is 8.83 Å². The van der Waals surface area contributed by atoms with Crippen LogP contribution in [0.4, 0.5) is 17.1 Å². The molecule has 0 amide bonds. The average molecular weight is 876 g/mol. The minimum absolute atomic E-state index is 0.141. The standard InChI is InChI=1S/C63H41NO2S/c1-63(2)53-26-9-6-19-45(53)46-34-33-43(36-54(46)63)64(41-31-29-39(30-32-41)38-15-4-3-5-16-38)42-18-12-17-40(35-42)44-22-13-23-48-52-37-56-58(50-21-7-10-27-55(50)65-56)59(61(52)66-60(44)48)51-25-14-24-49-47-20-8-11-28-57(47)67-62(49)51/h3-37H,1-2H3. The van der Waals surface area contributed by atoms with Crippen LogP contribution in [0.15, 0.2) is 221 Å². The van der Waals surface area contributed by atoms with Crippen LogP contribution >= 0.6 is 11.3 Å². The lowest BCUT2D eigenvalue weighted by Gasteiger charge is -2.28. The van der Waals surface area contributed by atoms with Gasteiger partial charge in [-0.3, -0.25) is 0 Å². The minimum Gasteiger partial charge on any atom is -0.456 e. The SMILES string of the molecule is CC1(C)c2ccccc2-c2ccc(N(c3ccc(-c4ccccc4)cc3)c3cccc(-c4cccc5c4oc4c(-c6cccc7c6sc6ccccc67)c6c(cc45)oc4ccccc46)c3)cc21. The number of anilines is 3. The molecule has 0 aliphatic heterocycles. The summed E-state index contributed by atoms with van der Waals surface area (Å²) < 4.78 is 16.6. The first-order valence-electron chi connectivity index (χ1n) is 23.0. The van der Waals surface area contributed by atoms with Gasteiger partial charge in [-0.2, -0.15) is 0 Å². The Kier molecular flexibility index (Phi) is 8.20. The molecule has 316 valence electrons. The molecule has 0 atom stereocenters. The lowest BCUT2D eigenvalue weighted by Crippen LogP contribution is -2.16. The van der Waals surface area contributed by atoms with Gasteiger partial charge in [-0.15, -0.1) is 11.3 Å². The lowest BCUT2D eigenvalue weighted by atomic mass is 9.82.